The maximum absolute atomic E-state index is 13.5. The van der Waals surface area contributed by atoms with E-state index in [9.17, 15) is 19.0 Å². The van der Waals surface area contributed by atoms with Gasteiger partial charge in [-0.05, 0) is 76.7 Å². The summed E-state index contributed by atoms with van der Waals surface area (Å²) in [6, 6.07) is -0.853. The largest absolute Gasteiger partial charge is 0.472 e. The molecule has 3 unspecified atom stereocenters. The molecule has 0 spiro atoms. The molecule has 0 aromatic rings. The second-order valence-corrected chi connectivity index (χ2v) is 24.0. The zero-order valence-electron chi connectivity index (χ0n) is 50.5. The Morgan fingerprint density at radius 2 is 0.842 bits per heavy atom. The van der Waals surface area contributed by atoms with Crippen molar-refractivity contribution in [1.29, 1.82) is 0 Å². The highest BCUT2D eigenvalue weighted by atomic mass is 31.2. The van der Waals surface area contributed by atoms with Crippen LogP contribution in [0.4, 0.5) is 0 Å². The molecule has 442 valence electrons. The molecule has 0 saturated carbocycles. The third kappa shape index (κ3) is 56.2. The minimum atomic E-state index is -4.45. The number of carbonyl (C=O) groups excluding carboxylic acids is 2. The first-order valence-electron chi connectivity index (χ1n) is 31.8. The monoisotopic (exact) mass is 1090 g/mol. The highest BCUT2D eigenvalue weighted by molar-refractivity contribution is 7.47. The van der Waals surface area contributed by atoms with Crippen LogP contribution in [0.2, 0.25) is 0 Å². The van der Waals surface area contributed by atoms with Gasteiger partial charge in [-0.2, -0.15) is 0 Å². The molecular weight excluding hydrogens is 964 g/mol. The van der Waals surface area contributed by atoms with Crippen molar-refractivity contribution in [3.63, 3.8) is 0 Å². The Morgan fingerprint density at radius 1 is 0.474 bits per heavy atom. The predicted molar refractivity (Wildman–Crippen MR) is 328 cm³/mol. The zero-order valence-corrected chi connectivity index (χ0v) is 51.4. The van der Waals surface area contributed by atoms with Crippen molar-refractivity contribution < 1.29 is 37.3 Å². The molecule has 0 aromatic heterocycles. The number of esters is 1. The first-order valence-corrected chi connectivity index (χ1v) is 33.3. The van der Waals surface area contributed by atoms with E-state index >= 15 is 0 Å². The molecule has 0 bridgehead atoms. The summed E-state index contributed by atoms with van der Waals surface area (Å²) < 4.78 is 30.7. The molecule has 9 nitrogen and oxygen atoms in total. The Labute approximate surface area is 470 Å². The SMILES string of the molecule is CC/C=C\C/C=C\C/C=C\C/C=C\C/C=C\CCCCCCCCCC(=O)OC(/C=C/CCCCCCCCCCCCC)C(COP(=O)(O)OCC[N+](C)(C)C)NC(=O)CCCCCCCCCCCCCCCC. The minimum Gasteiger partial charge on any atom is -0.456 e. The van der Waals surface area contributed by atoms with Crippen molar-refractivity contribution in [3.05, 3.63) is 72.9 Å². The van der Waals surface area contributed by atoms with Gasteiger partial charge in [-0.25, -0.2) is 4.57 Å². The van der Waals surface area contributed by atoms with Gasteiger partial charge >= 0.3 is 13.8 Å². The number of nitrogens with one attached hydrogen (secondary N) is 1. The van der Waals surface area contributed by atoms with Crippen LogP contribution in [0.3, 0.4) is 0 Å². The number of quaternary nitrogens is 1. The summed E-state index contributed by atoms with van der Waals surface area (Å²) in [5, 5.41) is 3.06. The molecule has 0 heterocycles. The van der Waals surface area contributed by atoms with Gasteiger partial charge in [-0.15, -0.1) is 0 Å². The van der Waals surface area contributed by atoms with Gasteiger partial charge < -0.3 is 19.4 Å². The zero-order chi connectivity index (χ0) is 55.7. The molecule has 0 saturated heterocycles. The van der Waals surface area contributed by atoms with Gasteiger partial charge in [0.25, 0.3) is 0 Å². The van der Waals surface area contributed by atoms with Gasteiger partial charge in [-0.1, -0.05) is 267 Å². The van der Waals surface area contributed by atoms with E-state index in [1.165, 1.54) is 148 Å². The van der Waals surface area contributed by atoms with Crippen molar-refractivity contribution >= 4 is 19.7 Å². The second kappa shape index (κ2) is 55.8. The highest BCUT2D eigenvalue weighted by Crippen LogP contribution is 2.43. The number of nitrogens with zero attached hydrogens (tertiary/aromatic N) is 1. The lowest BCUT2D eigenvalue weighted by molar-refractivity contribution is -0.870. The van der Waals surface area contributed by atoms with Crippen LogP contribution in [0.1, 0.15) is 284 Å². The standard InChI is InChI=1S/C66H121N2O7P/c1-7-10-13-16-19-22-25-28-30-31-32-33-34-35-36-37-38-41-44-47-50-53-56-59-66(70)75-64(57-54-51-48-45-42-39-27-24-21-18-15-12-9-3)63(62-74-76(71,72)73-61-60-68(4,5)6)67-65(69)58-55-52-49-46-43-40-29-26-23-20-17-14-11-8-2/h10,13,19,22,28,30,32-33,35-36,54,57,63-64H,7-9,11-12,14-18,20-21,23-27,29,31,34,37-53,55-56,58-62H2,1-6H3,(H-,67,69,71,72)/p+1/b13-10-,22-19-,30-28-,33-32-,36-35-,57-54+. The van der Waals surface area contributed by atoms with Crippen molar-refractivity contribution in [2.75, 3.05) is 40.9 Å². The summed E-state index contributed by atoms with van der Waals surface area (Å²) in [4.78, 5) is 37.7. The van der Waals surface area contributed by atoms with Crippen LogP contribution in [0, 0.1) is 0 Å². The van der Waals surface area contributed by atoms with Crippen molar-refractivity contribution in [3.8, 4) is 0 Å². The number of hydrogen-bond donors (Lipinski definition) is 2. The fraction of sp³-hybridized carbons (Fsp3) is 0.788. The van der Waals surface area contributed by atoms with E-state index < -0.39 is 20.0 Å². The number of likely N-dealkylation sites (N-methyl/N-ethyl adjacent to an activating group) is 1. The van der Waals surface area contributed by atoms with Gasteiger partial charge in [0.1, 0.15) is 19.3 Å². The molecule has 0 fully saturated rings. The van der Waals surface area contributed by atoms with Gasteiger partial charge in [0.05, 0.1) is 33.8 Å². The van der Waals surface area contributed by atoms with E-state index in [-0.39, 0.29) is 31.5 Å². The smallest absolute Gasteiger partial charge is 0.456 e. The third-order valence-electron chi connectivity index (χ3n) is 13.9. The Hall–Kier alpha value is -2.55. The molecule has 2 N–H and O–H groups in total. The van der Waals surface area contributed by atoms with E-state index in [2.05, 4.69) is 86.8 Å². The lowest BCUT2D eigenvalue weighted by atomic mass is 10.0. The second-order valence-electron chi connectivity index (χ2n) is 22.6. The van der Waals surface area contributed by atoms with Crippen molar-refractivity contribution in [2.24, 2.45) is 0 Å². The number of ether oxygens (including phenoxy) is 1. The van der Waals surface area contributed by atoms with E-state index in [0.29, 0.717) is 17.4 Å². The summed E-state index contributed by atoms with van der Waals surface area (Å²) in [6.07, 6.45) is 71.8. The Balaban J connectivity index is 5.23. The van der Waals surface area contributed by atoms with Crippen molar-refractivity contribution in [1.82, 2.24) is 5.32 Å². The third-order valence-corrected chi connectivity index (χ3v) is 14.9. The topological polar surface area (TPSA) is 111 Å². The summed E-state index contributed by atoms with van der Waals surface area (Å²) in [7, 11) is 1.49. The number of allylic oxidation sites excluding steroid dienone is 11. The number of phosphoric ester groups is 1. The number of carbonyl (C=O) groups is 2. The van der Waals surface area contributed by atoms with Gasteiger partial charge in [0.15, 0.2) is 0 Å². The first-order chi connectivity index (χ1) is 36.9. The summed E-state index contributed by atoms with van der Waals surface area (Å²) in [5.41, 5.74) is 0. The van der Waals surface area contributed by atoms with Gasteiger partial charge in [0.2, 0.25) is 5.91 Å². The molecule has 1 amide bonds. The minimum absolute atomic E-state index is 0.0375. The summed E-state index contributed by atoms with van der Waals surface area (Å²) >= 11 is 0. The van der Waals surface area contributed by atoms with Crippen LogP contribution in [-0.2, 0) is 27.9 Å². The number of amides is 1. The maximum atomic E-state index is 13.5. The summed E-state index contributed by atoms with van der Waals surface area (Å²) in [6.45, 7) is 6.91. The number of phosphoric acid groups is 1. The molecule has 0 radical (unpaired) electrons. The first kappa shape index (κ1) is 73.5. The van der Waals surface area contributed by atoms with Crippen LogP contribution in [0.5, 0.6) is 0 Å². The predicted octanol–water partition coefficient (Wildman–Crippen LogP) is 19.6. The molecule has 0 rings (SSSR count). The molecule has 0 aliphatic carbocycles. The van der Waals surface area contributed by atoms with Crippen LogP contribution >= 0.6 is 7.82 Å². The van der Waals surface area contributed by atoms with E-state index in [1.54, 1.807) is 0 Å². The number of hydrogen-bond acceptors (Lipinski definition) is 6. The molecule has 10 heteroatoms. The average molecular weight is 1090 g/mol. The summed E-state index contributed by atoms with van der Waals surface area (Å²) in [5.74, 6) is -0.511. The van der Waals surface area contributed by atoms with E-state index in [0.717, 1.165) is 103 Å². The molecule has 3 atom stereocenters. The number of unbranched alkanes of at least 4 members (excludes halogenated alkanes) is 31. The number of rotatable bonds is 57. The molecule has 0 aliphatic rings. The molecule has 0 aromatic carbocycles. The van der Waals surface area contributed by atoms with Gasteiger partial charge in [-0.3, -0.25) is 18.6 Å². The van der Waals surface area contributed by atoms with Crippen LogP contribution in [0.15, 0.2) is 72.9 Å². The lowest BCUT2D eigenvalue weighted by Crippen LogP contribution is -2.47. The van der Waals surface area contributed by atoms with Crippen LogP contribution in [0.25, 0.3) is 0 Å². The average Bonchev–Trinajstić information content (AvgIpc) is 3.38. The Morgan fingerprint density at radius 3 is 1.26 bits per heavy atom. The quantitative estimate of drug-likeness (QED) is 0.0205. The molecule has 76 heavy (non-hydrogen) atoms. The van der Waals surface area contributed by atoms with E-state index in [1.807, 2.05) is 33.3 Å². The molecular formula is C66H122N2O7P+. The van der Waals surface area contributed by atoms with Crippen LogP contribution < -0.4 is 5.32 Å². The van der Waals surface area contributed by atoms with Gasteiger partial charge in [0, 0.05) is 12.8 Å². The Bertz CT molecular complexity index is 1530. The van der Waals surface area contributed by atoms with E-state index in [4.69, 9.17) is 13.8 Å². The fourth-order valence-electron chi connectivity index (χ4n) is 9.03. The maximum Gasteiger partial charge on any atom is 0.472 e. The van der Waals surface area contributed by atoms with Crippen molar-refractivity contribution in [2.45, 2.75) is 296 Å². The lowest BCUT2D eigenvalue weighted by Gasteiger charge is -2.27. The Kier molecular flexibility index (Phi) is 53.9. The van der Waals surface area contributed by atoms with Crippen LogP contribution in [-0.4, -0.2) is 74.3 Å². The fourth-order valence-corrected chi connectivity index (χ4v) is 9.76. The molecule has 0 aliphatic heterocycles. The highest BCUT2D eigenvalue weighted by Gasteiger charge is 2.30. The normalized spacial score (nSPS) is 14.1.